The van der Waals surface area contributed by atoms with E-state index >= 15 is 0 Å². The van der Waals surface area contributed by atoms with E-state index in [0.29, 0.717) is 12.0 Å². The van der Waals surface area contributed by atoms with E-state index < -0.39 is 9.84 Å². The number of rotatable bonds is 2. The van der Waals surface area contributed by atoms with Crippen LogP contribution in [0.2, 0.25) is 0 Å². The maximum atomic E-state index is 12.3. The summed E-state index contributed by atoms with van der Waals surface area (Å²) < 4.78 is 22.8. The highest BCUT2D eigenvalue weighted by molar-refractivity contribution is 7.91. The standard InChI is InChI=1S/C14H14N2O3S/c17-14(16-10-6-8-20(18,19)9-10)12-3-1-5-13-11(12)4-2-7-15-13/h1-5,7,10H,6,8-9H2,(H,16,17). The quantitative estimate of drug-likeness (QED) is 0.900. The van der Waals surface area contributed by atoms with Gasteiger partial charge in [-0.05, 0) is 24.6 Å². The molecule has 1 N–H and O–H groups in total. The number of fused-ring (bicyclic) bond motifs is 1. The molecule has 1 aromatic heterocycles. The molecular weight excluding hydrogens is 276 g/mol. The van der Waals surface area contributed by atoms with Gasteiger partial charge in [0, 0.05) is 23.2 Å². The van der Waals surface area contributed by atoms with Gasteiger partial charge in [0.15, 0.2) is 9.84 Å². The Morgan fingerprint density at radius 3 is 2.85 bits per heavy atom. The summed E-state index contributed by atoms with van der Waals surface area (Å²) in [6, 6.07) is 8.66. The third-order valence-corrected chi connectivity index (χ3v) is 5.23. The number of hydrogen-bond acceptors (Lipinski definition) is 4. The molecule has 1 fully saturated rings. The number of hydrogen-bond donors (Lipinski definition) is 1. The Bertz CT molecular complexity index is 766. The van der Waals surface area contributed by atoms with E-state index in [2.05, 4.69) is 10.3 Å². The molecule has 6 heteroatoms. The second-order valence-corrected chi connectivity index (χ2v) is 7.18. The van der Waals surface area contributed by atoms with Gasteiger partial charge >= 0.3 is 0 Å². The number of nitrogens with zero attached hydrogens (tertiary/aromatic N) is 1. The van der Waals surface area contributed by atoms with Gasteiger partial charge in [-0.1, -0.05) is 12.1 Å². The van der Waals surface area contributed by atoms with Crippen molar-refractivity contribution >= 4 is 26.6 Å². The van der Waals surface area contributed by atoms with Crippen LogP contribution in [0.15, 0.2) is 36.5 Å². The molecular formula is C14H14N2O3S. The summed E-state index contributed by atoms with van der Waals surface area (Å²) in [6.07, 6.45) is 2.16. The molecule has 1 saturated heterocycles. The molecule has 0 radical (unpaired) electrons. The first-order chi connectivity index (χ1) is 9.55. The van der Waals surface area contributed by atoms with E-state index in [4.69, 9.17) is 0 Å². The van der Waals surface area contributed by atoms with Crippen molar-refractivity contribution in [3.05, 3.63) is 42.1 Å². The first-order valence-electron chi connectivity index (χ1n) is 6.40. The zero-order chi connectivity index (χ0) is 14.2. The minimum atomic E-state index is -2.99. The molecule has 1 atom stereocenters. The molecule has 3 rings (SSSR count). The smallest absolute Gasteiger partial charge is 0.252 e. The van der Waals surface area contributed by atoms with E-state index in [9.17, 15) is 13.2 Å². The van der Waals surface area contributed by atoms with Gasteiger partial charge in [0.05, 0.1) is 17.0 Å². The van der Waals surface area contributed by atoms with E-state index in [0.717, 1.165) is 10.9 Å². The maximum absolute atomic E-state index is 12.3. The fraction of sp³-hybridized carbons (Fsp3) is 0.286. The van der Waals surface area contributed by atoms with Crippen LogP contribution in [-0.4, -0.2) is 36.9 Å². The molecule has 5 nitrogen and oxygen atoms in total. The molecule has 20 heavy (non-hydrogen) atoms. The average molecular weight is 290 g/mol. The molecule has 0 bridgehead atoms. The number of carbonyl (C=O) groups is 1. The van der Waals surface area contributed by atoms with Crippen LogP contribution in [0.25, 0.3) is 10.9 Å². The molecule has 2 aromatic rings. The maximum Gasteiger partial charge on any atom is 0.252 e. The lowest BCUT2D eigenvalue weighted by molar-refractivity contribution is 0.0943. The van der Waals surface area contributed by atoms with E-state index in [1.54, 1.807) is 24.4 Å². The summed E-state index contributed by atoms with van der Waals surface area (Å²) in [5, 5.41) is 3.57. The van der Waals surface area contributed by atoms with Crippen LogP contribution in [0, 0.1) is 0 Å². The van der Waals surface area contributed by atoms with Gasteiger partial charge in [-0.25, -0.2) is 8.42 Å². The minimum Gasteiger partial charge on any atom is -0.348 e. The molecule has 104 valence electrons. The molecule has 0 saturated carbocycles. The van der Waals surface area contributed by atoms with Crippen molar-refractivity contribution in [2.75, 3.05) is 11.5 Å². The van der Waals surface area contributed by atoms with Gasteiger partial charge in [-0.3, -0.25) is 9.78 Å². The van der Waals surface area contributed by atoms with Crippen molar-refractivity contribution in [3.8, 4) is 0 Å². The van der Waals surface area contributed by atoms with Gasteiger partial charge in [0.1, 0.15) is 0 Å². The third kappa shape index (κ3) is 2.51. The topological polar surface area (TPSA) is 76.1 Å². The summed E-state index contributed by atoms with van der Waals surface area (Å²) in [7, 11) is -2.99. The van der Waals surface area contributed by atoms with Gasteiger partial charge < -0.3 is 5.32 Å². The minimum absolute atomic E-state index is 0.0295. The van der Waals surface area contributed by atoms with Crippen LogP contribution in [-0.2, 0) is 9.84 Å². The summed E-state index contributed by atoms with van der Waals surface area (Å²) in [4.78, 5) is 16.5. The highest BCUT2D eigenvalue weighted by Gasteiger charge is 2.29. The Morgan fingerprint density at radius 2 is 2.10 bits per heavy atom. The Hall–Kier alpha value is -1.95. The molecule has 1 aliphatic rings. The zero-order valence-corrected chi connectivity index (χ0v) is 11.6. The zero-order valence-electron chi connectivity index (χ0n) is 10.7. The van der Waals surface area contributed by atoms with Crippen molar-refractivity contribution in [3.63, 3.8) is 0 Å². The van der Waals surface area contributed by atoms with E-state index in [-0.39, 0.29) is 23.5 Å². The number of amides is 1. The highest BCUT2D eigenvalue weighted by atomic mass is 32.2. The SMILES string of the molecule is O=C(NC1CCS(=O)(=O)C1)c1cccc2ncccc12. The lowest BCUT2D eigenvalue weighted by Gasteiger charge is -2.12. The van der Waals surface area contributed by atoms with Crippen molar-refractivity contribution in [1.29, 1.82) is 0 Å². The van der Waals surface area contributed by atoms with Crippen LogP contribution in [0.4, 0.5) is 0 Å². The number of benzene rings is 1. The predicted octanol–water partition coefficient (Wildman–Crippen LogP) is 1.15. The average Bonchev–Trinajstić information content (AvgIpc) is 2.77. The molecule has 1 aliphatic heterocycles. The summed E-state index contributed by atoms with van der Waals surface area (Å²) >= 11 is 0. The van der Waals surface area contributed by atoms with Gasteiger partial charge in [-0.2, -0.15) is 0 Å². The fourth-order valence-corrected chi connectivity index (χ4v) is 4.15. The Kier molecular flexibility index (Phi) is 3.17. The van der Waals surface area contributed by atoms with Gasteiger partial charge in [0.25, 0.3) is 5.91 Å². The second-order valence-electron chi connectivity index (χ2n) is 4.95. The second kappa shape index (κ2) is 4.86. The Balaban J connectivity index is 1.86. The number of nitrogens with one attached hydrogen (secondary N) is 1. The molecule has 1 aromatic carbocycles. The molecule has 2 heterocycles. The van der Waals surface area contributed by atoms with Crippen molar-refractivity contribution in [1.82, 2.24) is 10.3 Å². The number of carbonyl (C=O) groups excluding carboxylic acids is 1. The van der Waals surface area contributed by atoms with Crippen molar-refractivity contribution in [2.24, 2.45) is 0 Å². The molecule has 1 amide bonds. The Morgan fingerprint density at radius 1 is 1.25 bits per heavy atom. The predicted molar refractivity (Wildman–Crippen MR) is 76.3 cm³/mol. The van der Waals surface area contributed by atoms with Crippen molar-refractivity contribution in [2.45, 2.75) is 12.5 Å². The number of pyridine rings is 1. The number of aromatic nitrogens is 1. The summed E-state index contributed by atoms with van der Waals surface area (Å²) in [6.45, 7) is 0. The lowest BCUT2D eigenvalue weighted by Crippen LogP contribution is -2.35. The first-order valence-corrected chi connectivity index (χ1v) is 8.22. The largest absolute Gasteiger partial charge is 0.348 e. The monoisotopic (exact) mass is 290 g/mol. The van der Waals surface area contributed by atoms with Gasteiger partial charge in [-0.15, -0.1) is 0 Å². The van der Waals surface area contributed by atoms with Crippen LogP contribution in [0.1, 0.15) is 16.8 Å². The summed E-state index contributed by atoms with van der Waals surface area (Å²) in [5.41, 5.74) is 1.28. The lowest BCUT2D eigenvalue weighted by atomic mass is 10.1. The van der Waals surface area contributed by atoms with E-state index in [1.165, 1.54) is 0 Å². The first kappa shape index (κ1) is 13.1. The number of sulfone groups is 1. The third-order valence-electron chi connectivity index (χ3n) is 3.46. The fourth-order valence-electron chi connectivity index (χ4n) is 2.47. The van der Waals surface area contributed by atoms with Gasteiger partial charge in [0.2, 0.25) is 0 Å². The molecule has 0 aliphatic carbocycles. The van der Waals surface area contributed by atoms with E-state index in [1.807, 2.05) is 12.1 Å². The van der Waals surface area contributed by atoms with Crippen LogP contribution in [0.5, 0.6) is 0 Å². The normalized spacial score (nSPS) is 20.9. The van der Waals surface area contributed by atoms with Crippen LogP contribution in [0.3, 0.4) is 0 Å². The highest BCUT2D eigenvalue weighted by Crippen LogP contribution is 2.18. The van der Waals surface area contributed by atoms with Crippen molar-refractivity contribution < 1.29 is 13.2 Å². The summed E-state index contributed by atoms with van der Waals surface area (Å²) in [5.74, 6) is -0.0673. The van der Waals surface area contributed by atoms with Crippen LogP contribution < -0.4 is 5.32 Å². The molecule has 1 unspecified atom stereocenters. The Labute approximate surface area is 116 Å². The van der Waals surface area contributed by atoms with Crippen LogP contribution >= 0.6 is 0 Å². The molecule has 0 spiro atoms.